The van der Waals surface area contributed by atoms with Crippen molar-refractivity contribution in [3.63, 3.8) is 0 Å². The van der Waals surface area contributed by atoms with Crippen LogP contribution in [0.4, 0.5) is 11.4 Å². The SMILES string of the molecule is Cc1ccc(Oc2ccc(NC(=O)CCCC(=O)OCC(=O)Nc3ccc(Br)cc3)cc2)cc1. The maximum absolute atomic E-state index is 12.1. The maximum Gasteiger partial charge on any atom is 0.306 e. The van der Waals surface area contributed by atoms with E-state index in [1.807, 2.05) is 31.2 Å². The molecule has 3 rings (SSSR count). The number of benzene rings is 3. The van der Waals surface area contributed by atoms with Crippen molar-refractivity contribution in [2.24, 2.45) is 0 Å². The quantitative estimate of drug-likeness (QED) is 0.325. The Kier molecular flexibility index (Phi) is 9.22. The molecule has 0 radical (unpaired) electrons. The molecular formula is C26H25BrN2O5. The Bertz CT molecular complexity index is 1110. The zero-order chi connectivity index (χ0) is 24.3. The molecule has 8 heteroatoms. The summed E-state index contributed by atoms with van der Waals surface area (Å²) >= 11 is 3.31. The minimum atomic E-state index is -0.531. The van der Waals surface area contributed by atoms with Crippen molar-refractivity contribution in [2.75, 3.05) is 17.2 Å². The molecular weight excluding hydrogens is 500 g/mol. The first-order valence-corrected chi connectivity index (χ1v) is 11.5. The van der Waals surface area contributed by atoms with Gasteiger partial charge in [0, 0.05) is 28.7 Å². The van der Waals surface area contributed by atoms with E-state index in [4.69, 9.17) is 9.47 Å². The predicted octanol–water partition coefficient (Wildman–Crippen LogP) is 5.84. The maximum atomic E-state index is 12.1. The second-order valence-electron chi connectivity index (χ2n) is 7.56. The molecule has 0 spiro atoms. The number of hydrogen-bond acceptors (Lipinski definition) is 5. The van der Waals surface area contributed by atoms with Crippen LogP contribution in [0.5, 0.6) is 11.5 Å². The van der Waals surface area contributed by atoms with Crippen LogP contribution in [0.15, 0.2) is 77.3 Å². The average Bonchev–Trinajstić information content (AvgIpc) is 2.82. The third-order valence-corrected chi connectivity index (χ3v) is 5.20. The predicted molar refractivity (Wildman–Crippen MR) is 134 cm³/mol. The summed E-state index contributed by atoms with van der Waals surface area (Å²) in [6, 6.07) is 21.8. The topological polar surface area (TPSA) is 93.7 Å². The van der Waals surface area contributed by atoms with E-state index in [-0.39, 0.29) is 25.4 Å². The Hall–Kier alpha value is -3.65. The van der Waals surface area contributed by atoms with E-state index in [2.05, 4.69) is 26.6 Å². The van der Waals surface area contributed by atoms with Gasteiger partial charge >= 0.3 is 5.97 Å². The summed E-state index contributed by atoms with van der Waals surface area (Å²) in [7, 11) is 0. The summed E-state index contributed by atoms with van der Waals surface area (Å²) in [5, 5.41) is 5.42. The largest absolute Gasteiger partial charge is 0.457 e. The minimum absolute atomic E-state index is 0.0440. The van der Waals surface area contributed by atoms with E-state index in [0.29, 0.717) is 23.5 Å². The number of nitrogens with one attached hydrogen (secondary N) is 2. The standard InChI is InChI=1S/C26H25BrN2O5/c1-18-5-13-22(14-6-18)34-23-15-11-21(12-16-23)28-24(30)3-2-4-26(32)33-17-25(31)29-20-9-7-19(27)8-10-20/h5-16H,2-4,17H2,1H3,(H,28,30)(H,29,31). The fraction of sp³-hybridized carbons (Fsp3) is 0.192. The van der Waals surface area contributed by atoms with Crippen LogP contribution in [0.2, 0.25) is 0 Å². The van der Waals surface area contributed by atoms with Gasteiger partial charge in [0.05, 0.1) is 0 Å². The van der Waals surface area contributed by atoms with Gasteiger partial charge in [0.1, 0.15) is 11.5 Å². The lowest BCUT2D eigenvalue weighted by atomic mass is 10.2. The zero-order valence-corrected chi connectivity index (χ0v) is 20.3. The third-order valence-electron chi connectivity index (χ3n) is 4.67. The van der Waals surface area contributed by atoms with Crippen molar-refractivity contribution in [1.29, 1.82) is 0 Å². The molecule has 0 aliphatic rings. The van der Waals surface area contributed by atoms with Crippen LogP contribution in [0, 0.1) is 6.92 Å². The molecule has 0 atom stereocenters. The van der Waals surface area contributed by atoms with Gasteiger partial charge in [-0.15, -0.1) is 0 Å². The Morgan fingerprint density at radius 1 is 0.735 bits per heavy atom. The monoisotopic (exact) mass is 524 g/mol. The second kappa shape index (κ2) is 12.6. The Morgan fingerprint density at radius 2 is 1.26 bits per heavy atom. The average molecular weight is 525 g/mol. The zero-order valence-electron chi connectivity index (χ0n) is 18.7. The Labute approximate surface area is 206 Å². The van der Waals surface area contributed by atoms with Crippen LogP contribution >= 0.6 is 15.9 Å². The lowest BCUT2D eigenvalue weighted by molar-refractivity contribution is -0.147. The Morgan fingerprint density at radius 3 is 1.88 bits per heavy atom. The molecule has 176 valence electrons. The highest BCUT2D eigenvalue weighted by molar-refractivity contribution is 9.10. The summed E-state index contributed by atoms with van der Waals surface area (Å²) < 4.78 is 11.6. The first-order chi connectivity index (χ1) is 16.4. The van der Waals surface area contributed by atoms with Crippen LogP contribution in [0.1, 0.15) is 24.8 Å². The van der Waals surface area contributed by atoms with Gasteiger partial charge < -0.3 is 20.1 Å². The van der Waals surface area contributed by atoms with Gasteiger partial charge in [0.2, 0.25) is 5.91 Å². The Balaban J connectivity index is 1.32. The molecule has 0 fully saturated rings. The smallest absolute Gasteiger partial charge is 0.306 e. The molecule has 0 bridgehead atoms. The molecule has 0 aromatic heterocycles. The summed E-state index contributed by atoms with van der Waals surface area (Å²) in [6.07, 6.45) is 0.512. The molecule has 0 heterocycles. The van der Waals surface area contributed by atoms with Crippen LogP contribution in [-0.4, -0.2) is 24.4 Å². The van der Waals surface area contributed by atoms with Crippen LogP contribution in [0.3, 0.4) is 0 Å². The molecule has 0 saturated carbocycles. The molecule has 0 aliphatic heterocycles. The molecule has 2 amide bonds. The molecule has 34 heavy (non-hydrogen) atoms. The summed E-state index contributed by atoms with van der Waals surface area (Å²) in [4.78, 5) is 35.8. The fourth-order valence-electron chi connectivity index (χ4n) is 2.91. The van der Waals surface area contributed by atoms with E-state index < -0.39 is 11.9 Å². The number of halogens is 1. The number of esters is 1. The van der Waals surface area contributed by atoms with Crippen molar-refractivity contribution >= 4 is 45.1 Å². The second-order valence-corrected chi connectivity index (χ2v) is 8.47. The van der Waals surface area contributed by atoms with Crippen LogP contribution in [0.25, 0.3) is 0 Å². The lowest BCUT2D eigenvalue weighted by Gasteiger charge is -2.09. The number of aryl methyl sites for hydroxylation is 1. The van der Waals surface area contributed by atoms with Crippen LogP contribution < -0.4 is 15.4 Å². The molecule has 3 aromatic carbocycles. The van der Waals surface area contributed by atoms with E-state index in [0.717, 1.165) is 15.8 Å². The number of carbonyl (C=O) groups excluding carboxylic acids is 3. The van der Waals surface area contributed by atoms with Crippen molar-refractivity contribution in [3.8, 4) is 11.5 Å². The molecule has 0 unspecified atom stereocenters. The lowest BCUT2D eigenvalue weighted by Crippen LogP contribution is -2.21. The van der Waals surface area contributed by atoms with Crippen LogP contribution in [-0.2, 0) is 19.1 Å². The summed E-state index contributed by atoms with van der Waals surface area (Å²) in [6.45, 7) is 1.63. The van der Waals surface area contributed by atoms with Gasteiger partial charge in [0.15, 0.2) is 6.61 Å². The number of amides is 2. The van der Waals surface area contributed by atoms with E-state index in [1.54, 1.807) is 48.5 Å². The normalized spacial score (nSPS) is 10.3. The fourth-order valence-corrected chi connectivity index (χ4v) is 3.18. The van der Waals surface area contributed by atoms with Crippen molar-refractivity contribution in [3.05, 3.63) is 82.8 Å². The summed E-state index contributed by atoms with van der Waals surface area (Å²) in [5.74, 6) is 0.224. The third kappa shape index (κ3) is 8.71. The van der Waals surface area contributed by atoms with Gasteiger partial charge in [0.25, 0.3) is 5.91 Å². The van der Waals surface area contributed by atoms with E-state index in [9.17, 15) is 14.4 Å². The van der Waals surface area contributed by atoms with Gasteiger partial charge in [-0.3, -0.25) is 14.4 Å². The van der Waals surface area contributed by atoms with Crippen molar-refractivity contribution in [1.82, 2.24) is 0 Å². The number of hydrogen-bond donors (Lipinski definition) is 2. The number of rotatable bonds is 10. The van der Waals surface area contributed by atoms with Crippen molar-refractivity contribution in [2.45, 2.75) is 26.2 Å². The first-order valence-electron chi connectivity index (χ1n) is 10.7. The first kappa shape index (κ1) is 25.0. The summed E-state index contributed by atoms with van der Waals surface area (Å²) in [5.41, 5.74) is 2.39. The van der Waals surface area contributed by atoms with E-state index >= 15 is 0 Å². The van der Waals surface area contributed by atoms with Crippen molar-refractivity contribution < 1.29 is 23.9 Å². The van der Waals surface area contributed by atoms with Gasteiger partial charge in [-0.25, -0.2) is 0 Å². The molecule has 2 N–H and O–H groups in total. The van der Waals surface area contributed by atoms with Gasteiger partial charge in [-0.05, 0) is 74.0 Å². The number of anilines is 2. The van der Waals surface area contributed by atoms with Gasteiger partial charge in [-0.1, -0.05) is 33.6 Å². The minimum Gasteiger partial charge on any atom is -0.457 e. The molecule has 0 saturated heterocycles. The number of ether oxygens (including phenoxy) is 2. The van der Waals surface area contributed by atoms with E-state index in [1.165, 1.54) is 0 Å². The highest BCUT2D eigenvalue weighted by Gasteiger charge is 2.10. The highest BCUT2D eigenvalue weighted by Crippen LogP contribution is 2.23. The number of carbonyl (C=O) groups is 3. The molecule has 7 nitrogen and oxygen atoms in total. The molecule has 0 aliphatic carbocycles. The molecule has 3 aromatic rings. The van der Waals surface area contributed by atoms with Gasteiger partial charge in [-0.2, -0.15) is 0 Å². The highest BCUT2D eigenvalue weighted by atomic mass is 79.9.